The predicted octanol–water partition coefficient (Wildman–Crippen LogP) is 2.16. The van der Waals surface area contributed by atoms with Gasteiger partial charge in [0.2, 0.25) is 0 Å². The highest BCUT2D eigenvalue weighted by Crippen LogP contribution is 2.25. The molecule has 0 aliphatic carbocycles. The summed E-state index contributed by atoms with van der Waals surface area (Å²) in [6.45, 7) is 2.57. The van der Waals surface area contributed by atoms with E-state index in [9.17, 15) is 0 Å². The maximum Gasteiger partial charge on any atom is 0.138 e. The molecule has 1 aromatic heterocycles. The number of ether oxygens (including phenoxy) is 1. The summed E-state index contributed by atoms with van der Waals surface area (Å²) in [4.78, 5) is 0. The second kappa shape index (κ2) is 5.01. The van der Waals surface area contributed by atoms with Crippen LogP contribution in [0.2, 0.25) is 0 Å². The van der Waals surface area contributed by atoms with Crippen molar-refractivity contribution in [3.05, 3.63) is 35.6 Å². The van der Waals surface area contributed by atoms with Gasteiger partial charge in [0.1, 0.15) is 17.2 Å². The van der Waals surface area contributed by atoms with Crippen LogP contribution in [0.1, 0.15) is 11.3 Å². The molecule has 4 nitrogen and oxygen atoms in total. The van der Waals surface area contributed by atoms with E-state index in [0.717, 1.165) is 28.3 Å². The molecule has 1 aromatic carbocycles. The van der Waals surface area contributed by atoms with Crippen molar-refractivity contribution in [1.29, 1.82) is 0 Å². The van der Waals surface area contributed by atoms with Gasteiger partial charge in [-0.05, 0) is 37.2 Å². The maximum atomic E-state index is 5.47. The van der Waals surface area contributed by atoms with Gasteiger partial charge in [0.15, 0.2) is 0 Å². The van der Waals surface area contributed by atoms with Crippen molar-refractivity contribution in [3.63, 3.8) is 0 Å². The highest BCUT2D eigenvalue weighted by Gasteiger charge is 2.07. The van der Waals surface area contributed by atoms with Crippen LogP contribution in [0.5, 0.6) is 5.75 Å². The van der Waals surface area contributed by atoms with E-state index in [4.69, 9.17) is 15.0 Å². The third kappa shape index (κ3) is 2.47. The Hall–Kier alpha value is -1.81. The number of aryl methyl sites for hydroxylation is 1. The molecular formula is C13H16N2O2. The van der Waals surface area contributed by atoms with Crippen molar-refractivity contribution in [2.75, 3.05) is 13.7 Å². The molecule has 0 saturated heterocycles. The van der Waals surface area contributed by atoms with E-state index in [1.54, 1.807) is 7.11 Å². The minimum Gasteiger partial charge on any atom is -0.496 e. The summed E-state index contributed by atoms with van der Waals surface area (Å²) in [6, 6.07) is 7.86. The van der Waals surface area contributed by atoms with E-state index in [1.165, 1.54) is 0 Å². The van der Waals surface area contributed by atoms with Gasteiger partial charge in [-0.3, -0.25) is 0 Å². The van der Waals surface area contributed by atoms with E-state index >= 15 is 0 Å². The number of nitrogens with two attached hydrogens (primary N) is 1. The van der Waals surface area contributed by atoms with Crippen molar-refractivity contribution >= 4 is 0 Å². The topological polar surface area (TPSA) is 61.3 Å². The first-order valence-electron chi connectivity index (χ1n) is 5.55. The lowest BCUT2D eigenvalue weighted by atomic mass is 10.1. The quantitative estimate of drug-likeness (QED) is 0.877. The van der Waals surface area contributed by atoms with Gasteiger partial charge in [-0.25, -0.2) is 0 Å². The molecule has 0 atom stereocenters. The summed E-state index contributed by atoms with van der Waals surface area (Å²) in [5.74, 6) is 1.69. The Bertz CT molecular complexity index is 506. The Kier molecular flexibility index (Phi) is 3.44. The summed E-state index contributed by atoms with van der Waals surface area (Å²) in [6.07, 6.45) is 0.710. The minimum absolute atomic E-state index is 0.566. The van der Waals surface area contributed by atoms with Crippen LogP contribution in [-0.2, 0) is 6.42 Å². The Balaban J connectivity index is 2.29. The standard InChI is InChI=1S/C13H16N2O2/c1-9-7-10(3-4-13(9)16-2)12-8-11(5-6-14)17-15-12/h3-4,7-8H,5-6,14H2,1-2H3. The largest absolute Gasteiger partial charge is 0.496 e. The monoisotopic (exact) mass is 232 g/mol. The molecule has 2 aromatic rings. The zero-order chi connectivity index (χ0) is 12.3. The summed E-state index contributed by atoms with van der Waals surface area (Å²) in [7, 11) is 1.66. The SMILES string of the molecule is COc1ccc(-c2cc(CCN)on2)cc1C. The van der Waals surface area contributed by atoms with E-state index in [-0.39, 0.29) is 0 Å². The average molecular weight is 232 g/mol. The zero-order valence-electron chi connectivity index (χ0n) is 10.1. The molecule has 1 heterocycles. The summed E-state index contributed by atoms with van der Waals surface area (Å²) < 4.78 is 10.4. The zero-order valence-corrected chi connectivity index (χ0v) is 10.1. The summed E-state index contributed by atoms with van der Waals surface area (Å²) in [5.41, 5.74) is 8.40. The van der Waals surface area contributed by atoms with Gasteiger partial charge in [-0.1, -0.05) is 5.16 Å². The third-order valence-electron chi connectivity index (χ3n) is 2.64. The fourth-order valence-electron chi connectivity index (χ4n) is 1.75. The molecule has 0 aliphatic heterocycles. The van der Waals surface area contributed by atoms with Crippen LogP contribution in [0.25, 0.3) is 11.3 Å². The smallest absolute Gasteiger partial charge is 0.138 e. The highest BCUT2D eigenvalue weighted by atomic mass is 16.5. The molecule has 0 spiro atoms. The number of methoxy groups -OCH3 is 1. The van der Waals surface area contributed by atoms with Gasteiger partial charge < -0.3 is 15.0 Å². The molecule has 0 fully saturated rings. The Morgan fingerprint density at radius 2 is 2.18 bits per heavy atom. The molecule has 90 valence electrons. The van der Waals surface area contributed by atoms with Crippen molar-refractivity contribution in [3.8, 4) is 17.0 Å². The normalized spacial score (nSPS) is 10.5. The first-order chi connectivity index (χ1) is 8.24. The van der Waals surface area contributed by atoms with E-state index in [1.807, 2.05) is 31.2 Å². The molecule has 0 amide bonds. The number of hydrogen-bond donors (Lipinski definition) is 1. The van der Waals surface area contributed by atoms with E-state index in [2.05, 4.69) is 5.16 Å². The molecule has 0 radical (unpaired) electrons. The molecule has 0 bridgehead atoms. The van der Waals surface area contributed by atoms with Crippen LogP contribution in [0.15, 0.2) is 28.8 Å². The van der Waals surface area contributed by atoms with Crippen LogP contribution in [0.3, 0.4) is 0 Å². The number of hydrogen-bond acceptors (Lipinski definition) is 4. The van der Waals surface area contributed by atoms with Gasteiger partial charge >= 0.3 is 0 Å². The summed E-state index contributed by atoms with van der Waals surface area (Å²) in [5, 5.41) is 4.03. The Labute approximate surface area is 100 Å². The van der Waals surface area contributed by atoms with Gasteiger partial charge in [0.25, 0.3) is 0 Å². The Morgan fingerprint density at radius 3 is 2.82 bits per heavy atom. The lowest BCUT2D eigenvalue weighted by Crippen LogP contribution is -2.01. The van der Waals surface area contributed by atoms with Gasteiger partial charge in [0.05, 0.1) is 7.11 Å². The van der Waals surface area contributed by atoms with E-state index < -0.39 is 0 Å². The number of nitrogens with zero attached hydrogens (tertiary/aromatic N) is 1. The van der Waals surface area contributed by atoms with Gasteiger partial charge in [-0.2, -0.15) is 0 Å². The first kappa shape index (κ1) is 11.7. The Morgan fingerprint density at radius 1 is 1.35 bits per heavy atom. The lowest BCUT2D eigenvalue weighted by Gasteiger charge is -2.05. The number of aromatic nitrogens is 1. The van der Waals surface area contributed by atoms with E-state index in [0.29, 0.717) is 13.0 Å². The highest BCUT2D eigenvalue weighted by molar-refractivity contribution is 5.61. The van der Waals surface area contributed by atoms with Crippen molar-refractivity contribution in [1.82, 2.24) is 5.16 Å². The lowest BCUT2D eigenvalue weighted by molar-refractivity contribution is 0.386. The fourth-order valence-corrected chi connectivity index (χ4v) is 1.75. The van der Waals surface area contributed by atoms with Gasteiger partial charge in [-0.15, -0.1) is 0 Å². The van der Waals surface area contributed by atoms with Crippen molar-refractivity contribution < 1.29 is 9.26 Å². The van der Waals surface area contributed by atoms with Crippen molar-refractivity contribution in [2.24, 2.45) is 5.73 Å². The van der Waals surface area contributed by atoms with Crippen LogP contribution in [0.4, 0.5) is 0 Å². The number of benzene rings is 1. The molecule has 2 N–H and O–H groups in total. The van der Waals surface area contributed by atoms with Crippen LogP contribution >= 0.6 is 0 Å². The molecule has 0 aliphatic rings. The molecule has 0 unspecified atom stereocenters. The first-order valence-corrected chi connectivity index (χ1v) is 5.55. The third-order valence-corrected chi connectivity index (χ3v) is 2.64. The molecule has 0 saturated carbocycles. The molecular weight excluding hydrogens is 216 g/mol. The van der Waals surface area contributed by atoms with Crippen molar-refractivity contribution in [2.45, 2.75) is 13.3 Å². The second-order valence-electron chi connectivity index (χ2n) is 3.90. The summed E-state index contributed by atoms with van der Waals surface area (Å²) >= 11 is 0. The fraction of sp³-hybridized carbons (Fsp3) is 0.308. The second-order valence-corrected chi connectivity index (χ2v) is 3.90. The van der Waals surface area contributed by atoms with Gasteiger partial charge in [0, 0.05) is 18.1 Å². The number of rotatable bonds is 4. The molecule has 4 heteroatoms. The van der Waals surface area contributed by atoms with Crippen LogP contribution in [-0.4, -0.2) is 18.8 Å². The minimum atomic E-state index is 0.566. The van der Waals surface area contributed by atoms with Crippen LogP contribution in [0, 0.1) is 6.92 Å². The molecule has 2 rings (SSSR count). The average Bonchev–Trinajstić information content (AvgIpc) is 2.78. The molecule has 17 heavy (non-hydrogen) atoms. The predicted molar refractivity (Wildman–Crippen MR) is 66.0 cm³/mol. The maximum absolute atomic E-state index is 5.47. The van der Waals surface area contributed by atoms with Crippen LogP contribution < -0.4 is 10.5 Å².